The number of hydrogen-bond acceptors (Lipinski definition) is 3. The molecule has 3 heteroatoms. The maximum Gasteiger partial charge on any atom is 0.00817 e. The number of rotatable bonds is 6. The first kappa shape index (κ1) is 13.3. The van der Waals surface area contributed by atoms with Crippen molar-refractivity contribution in [2.45, 2.75) is 51.1 Å². The van der Waals surface area contributed by atoms with E-state index in [0.29, 0.717) is 6.04 Å². The molecule has 0 radical (unpaired) electrons. The Morgan fingerprint density at radius 2 is 2.27 bits per heavy atom. The van der Waals surface area contributed by atoms with Gasteiger partial charge in [0.15, 0.2) is 0 Å². The third kappa shape index (κ3) is 6.44. The molecule has 0 aromatic heterocycles. The van der Waals surface area contributed by atoms with Crippen LogP contribution in [0.3, 0.4) is 0 Å². The molecule has 0 spiro atoms. The molecule has 90 valence electrons. The summed E-state index contributed by atoms with van der Waals surface area (Å²) in [5, 5.41) is 7.25. The van der Waals surface area contributed by atoms with Crippen molar-refractivity contribution in [1.29, 1.82) is 0 Å². The van der Waals surface area contributed by atoms with E-state index in [4.69, 9.17) is 0 Å². The molecule has 1 aliphatic heterocycles. The van der Waals surface area contributed by atoms with E-state index in [2.05, 4.69) is 23.8 Å². The van der Waals surface area contributed by atoms with Crippen molar-refractivity contribution in [3.05, 3.63) is 0 Å². The Hall–Kier alpha value is 0.270. The van der Waals surface area contributed by atoms with Crippen molar-refractivity contribution < 1.29 is 0 Å². The smallest absolute Gasteiger partial charge is 0.00817 e. The molecule has 0 bridgehead atoms. The summed E-state index contributed by atoms with van der Waals surface area (Å²) in [6.07, 6.45) is 9.01. The quantitative estimate of drug-likeness (QED) is 0.684. The van der Waals surface area contributed by atoms with Crippen LogP contribution < -0.4 is 10.6 Å². The van der Waals surface area contributed by atoms with Crippen LogP contribution in [-0.4, -0.2) is 37.2 Å². The molecule has 0 aromatic rings. The van der Waals surface area contributed by atoms with Gasteiger partial charge in [-0.25, -0.2) is 0 Å². The van der Waals surface area contributed by atoms with Crippen molar-refractivity contribution in [3.63, 3.8) is 0 Å². The lowest BCUT2D eigenvalue weighted by molar-refractivity contribution is 0.409. The zero-order chi connectivity index (χ0) is 10.9. The molecule has 1 heterocycles. The Bertz CT molecular complexity index is 145. The van der Waals surface area contributed by atoms with Crippen molar-refractivity contribution in [3.8, 4) is 0 Å². The fraction of sp³-hybridized carbons (Fsp3) is 1.00. The van der Waals surface area contributed by atoms with Crippen molar-refractivity contribution in [2.75, 3.05) is 25.1 Å². The van der Waals surface area contributed by atoms with Crippen LogP contribution in [0.5, 0.6) is 0 Å². The van der Waals surface area contributed by atoms with E-state index in [1.165, 1.54) is 44.4 Å². The summed E-state index contributed by atoms with van der Waals surface area (Å²) in [4.78, 5) is 0. The van der Waals surface area contributed by atoms with Gasteiger partial charge in [0.1, 0.15) is 0 Å². The van der Waals surface area contributed by atoms with Gasteiger partial charge in [-0.1, -0.05) is 12.8 Å². The van der Waals surface area contributed by atoms with Gasteiger partial charge in [-0.05, 0) is 39.0 Å². The van der Waals surface area contributed by atoms with Crippen LogP contribution in [0.2, 0.25) is 0 Å². The lowest BCUT2D eigenvalue weighted by Crippen LogP contribution is -2.37. The summed E-state index contributed by atoms with van der Waals surface area (Å²) in [5.74, 6) is 1.22. The SMILES string of the molecule is CSCCNC(C)CC1CCCCCN1. The molecule has 2 nitrogen and oxygen atoms in total. The molecule has 0 aromatic carbocycles. The molecule has 1 rings (SSSR count). The third-order valence-electron chi connectivity index (χ3n) is 3.10. The maximum absolute atomic E-state index is 3.66. The molecule has 1 saturated heterocycles. The molecule has 0 amide bonds. The van der Waals surface area contributed by atoms with Gasteiger partial charge in [-0.15, -0.1) is 0 Å². The second kappa shape index (κ2) is 8.43. The van der Waals surface area contributed by atoms with Crippen LogP contribution in [0.4, 0.5) is 0 Å². The van der Waals surface area contributed by atoms with E-state index in [0.717, 1.165) is 12.6 Å². The van der Waals surface area contributed by atoms with E-state index in [1.807, 2.05) is 11.8 Å². The fourth-order valence-corrected chi connectivity index (χ4v) is 2.54. The topological polar surface area (TPSA) is 24.1 Å². The highest BCUT2D eigenvalue weighted by Crippen LogP contribution is 2.12. The van der Waals surface area contributed by atoms with Gasteiger partial charge >= 0.3 is 0 Å². The molecular formula is C12H26N2S. The number of thioether (sulfide) groups is 1. The summed E-state index contributed by atoms with van der Waals surface area (Å²) < 4.78 is 0. The average molecular weight is 230 g/mol. The van der Waals surface area contributed by atoms with E-state index in [1.54, 1.807) is 0 Å². The summed E-state index contributed by atoms with van der Waals surface area (Å²) in [6.45, 7) is 4.68. The summed E-state index contributed by atoms with van der Waals surface area (Å²) >= 11 is 1.91. The standard InChI is InChI=1S/C12H26N2S/c1-11(13-8-9-15-2)10-12-6-4-3-5-7-14-12/h11-14H,3-10H2,1-2H3. The zero-order valence-corrected chi connectivity index (χ0v) is 11.0. The van der Waals surface area contributed by atoms with Gasteiger partial charge in [0.25, 0.3) is 0 Å². The number of hydrogen-bond donors (Lipinski definition) is 2. The second-order valence-corrected chi connectivity index (χ2v) is 5.57. The van der Waals surface area contributed by atoms with Crippen LogP contribution in [0.1, 0.15) is 39.0 Å². The van der Waals surface area contributed by atoms with E-state index in [9.17, 15) is 0 Å². The molecule has 2 unspecified atom stereocenters. The van der Waals surface area contributed by atoms with Crippen LogP contribution in [0.15, 0.2) is 0 Å². The minimum atomic E-state index is 0.660. The van der Waals surface area contributed by atoms with Gasteiger partial charge in [-0.2, -0.15) is 11.8 Å². The normalized spacial score (nSPS) is 24.8. The molecule has 0 saturated carbocycles. The lowest BCUT2D eigenvalue weighted by atomic mass is 10.0. The monoisotopic (exact) mass is 230 g/mol. The molecule has 2 atom stereocenters. The van der Waals surface area contributed by atoms with Crippen molar-refractivity contribution >= 4 is 11.8 Å². The minimum absolute atomic E-state index is 0.660. The van der Waals surface area contributed by atoms with Gasteiger partial charge in [0.2, 0.25) is 0 Å². The van der Waals surface area contributed by atoms with Gasteiger partial charge in [0.05, 0.1) is 0 Å². The van der Waals surface area contributed by atoms with Crippen molar-refractivity contribution in [1.82, 2.24) is 10.6 Å². The first-order valence-electron chi connectivity index (χ1n) is 6.28. The van der Waals surface area contributed by atoms with Crippen LogP contribution in [-0.2, 0) is 0 Å². The minimum Gasteiger partial charge on any atom is -0.314 e. The Morgan fingerprint density at radius 1 is 1.40 bits per heavy atom. The Morgan fingerprint density at radius 3 is 3.07 bits per heavy atom. The first-order valence-corrected chi connectivity index (χ1v) is 7.68. The first-order chi connectivity index (χ1) is 7.33. The van der Waals surface area contributed by atoms with E-state index >= 15 is 0 Å². The summed E-state index contributed by atoms with van der Waals surface area (Å²) in [6, 6.07) is 1.41. The summed E-state index contributed by atoms with van der Waals surface area (Å²) in [5.41, 5.74) is 0. The lowest BCUT2D eigenvalue weighted by Gasteiger charge is -2.21. The van der Waals surface area contributed by atoms with E-state index < -0.39 is 0 Å². The van der Waals surface area contributed by atoms with Crippen LogP contribution in [0.25, 0.3) is 0 Å². The molecule has 1 aliphatic rings. The Labute approximate surface area is 99.0 Å². The third-order valence-corrected chi connectivity index (χ3v) is 3.71. The maximum atomic E-state index is 3.66. The molecule has 2 N–H and O–H groups in total. The molecule has 15 heavy (non-hydrogen) atoms. The predicted octanol–water partition coefficient (Wildman–Crippen LogP) is 2.25. The molecule has 0 aliphatic carbocycles. The molecule has 1 fully saturated rings. The predicted molar refractivity (Wildman–Crippen MR) is 70.7 cm³/mol. The Kier molecular flexibility index (Phi) is 7.49. The van der Waals surface area contributed by atoms with Crippen molar-refractivity contribution in [2.24, 2.45) is 0 Å². The van der Waals surface area contributed by atoms with E-state index in [-0.39, 0.29) is 0 Å². The second-order valence-electron chi connectivity index (χ2n) is 4.58. The number of nitrogens with one attached hydrogen (secondary N) is 2. The highest BCUT2D eigenvalue weighted by molar-refractivity contribution is 7.98. The van der Waals surface area contributed by atoms with Crippen LogP contribution in [0, 0.1) is 0 Å². The fourth-order valence-electron chi connectivity index (χ4n) is 2.22. The van der Waals surface area contributed by atoms with Gasteiger partial charge < -0.3 is 10.6 Å². The Balaban J connectivity index is 2.09. The van der Waals surface area contributed by atoms with Gasteiger partial charge in [0, 0.05) is 24.4 Å². The molecular weight excluding hydrogens is 204 g/mol. The average Bonchev–Trinajstić information content (AvgIpc) is 2.47. The largest absolute Gasteiger partial charge is 0.314 e. The zero-order valence-electron chi connectivity index (χ0n) is 10.2. The summed E-state index contributed by atoms with van der Waals surface area (Å²) in [7, 11) is 0. The highest BCUT2D eigenvalue weighted by atomic mass is 32.2. The van der Waals surface area contributed by atoms with Gasteiger partial charge in [-0.3, -0.25) is 0 Å². The highest BCUT2D eigenvalue weighted by Gasteiger charge is 2.14. The van der Waals surface area contributed by atoms with Crippen LogP contribution >= 0.6 is 11.8 Å².